The van der Waals surface area contributed by atoms with Gasteiger partial charge in [0.05, 0.1) is 36.1 Å². The van der Waals surface area contributed by atoms with E-state index >= 15 is 0 Å². The Morgan fingerprint density at radius 3 is 2.53 bits per heavy atom. The van der Waals surface area contributed by atoms with Crippen LogP contribution in [0.3, 0.4) is 0 Å². The number of esters is 1. The summed E-state index contributed by atoms with van der Waals surface area (Å²) in [5.41, 5.74) is 9.56. The lowest BCUT2D eigenvalue weighted by Crippen LogP contribution is -2.62. The molecule has 2 aromatic carbocycles. The molecule has 4 heterocycles. The van der Waals surface area contributed by atoms with E-state index < -0.39 is 53.3 Å². The van der Waals surface area contributed by atoms with E-state index in [0.717, 1.165) is 44.5 Å². The van der Waals surface area contributed by atoms with Gasteiger partial charge >= 0.3 is 5.97 Å². The highest BCUT2D eigenvalue weighted by molar-refractivity contribution is 5.96. The Bertz CT molecular complexity index is 2350. The van der Waals surface area contributed by atoms with E-state index in [1.807, 2.05) is 39.0 Å². The Kier molecular flexibility index (Phi) is 12.9. The molecule has 332 valence electrons. The molecule has 6 bridgehead atoms. The predicted molar refractivity (Wildman–Crippen MR) is 235 cm³/mol. The highest BCUT2D eigenvalue weighted by atomic mass is 16.5. The number of phenolic OH excluding ortho intramolecular Hbond substituents is 1. The first kappa shape index (κ1) is 44.7. The highest BCUT2D eigenvalue weighted by Crippen LogP contribution is 2.43. The minimum Gasteiger partial charge on any atom is -0.508 e. The quantitative estimate of drug-likeness (QED) is 0.156. The zero-order valence-corrected chi connectivity index (χ0v) is 37.4. The largest absolute Gasteiger partial charge is 0.508 e. The van der Waals surface area contributed by atoms with Gasteiger partial charge in [-0.1, -0.05) is 46.8 Å². The van der Waals surface area contributed by atoms with E-state index in [-0.39, 0.29) is 49.2 Å². The number of hydrogen-bond donors (Lipinski definition) is 4. The van der Waals surface area contributed by atoms with Crippen molar-refractivity contribution >= 4 is 34.6 Å². The normalized spacial score (nSPS) is 23.7. The molecule has 4 N–H and O–H groups in total. The summed E-state index contributed by atoms with van der Waals surface area (Å²) in [6.45, 7) is 14.7. The molecule has 2 aromatic heterocycles. The third kappa shape index (κ3) is 8.82. The third-order valence-electron chi connectivity index (χ3n) is 13.0. The minimum absolute atomic E-state index is 0.000370. The summed E-state index contributed by atoms with van der Waals surface area (Å²) in [6.07, 6.45) is 2.24. The van der Waals surface area contributed by atoms with Gasteiger partial charge in [0, 0.05) is 61.7 Å². The Hall–Kier alpha value is -5.31. The van der Waals surface area contributed by atoms with Crippen molar-refractivity contribution in [3.8, 4) is 28.1 Å². The number of carbonyl (C=O) groups is 4. The summed E-state index contributed by atoms with van der Waals surface area (Å²) in [6, 6.07) is 12.5. The average Bonchev–Trinajstić information content (AvgIpc) is 3.73. The van der Waals surface area contributed by atoms with E-state index in [1.54, 1.807) is 39.4 Å². The van der Waals surface area contributed by atoms with Gasteiger partial charge in [0.1, 0.15) is 23.9 Å². The molecule has 7 rings (SSSR count). The molecule has 0 radical (unpaired) electrons. The summed E-state index contributed by atoms with van der Waals surface area (Å²) < 4.78 is 14.2. The van der Waals surface area contributed by atoms with Crippen LogP contribution in [0, 0.1) is 23.2 Å². The van der Waals surface area contributed by atoms with Gasteiger partial charge in [-0.3, -0.25) is 29.2 Å². The number of methoxy groups -OCH3 is 1. The first-order valence-corrected chi connectivity index (χ1v) is 21.9. The van der Waals surface area contributed by atoms with Crippen LogP contribution in [0.15, 0.2) is 54.7 Å². The number of cyclic esters (lactones) is 1. The van der Waals surface area contributed by atoms with Crippen LogP contribution in [0.5, 0.6) is 5.75 Å². The fraction of sp³-hybridized carbons (Fsp3) is 0.521. The average molecular weight is 851 g/mol. The number of ether oxygens (including phenoxy) is 2. The van der Waals surface area contributed by atoms with E-state index in [2.05, 4.69) is 54.3 Å². The van der Waals surface area contributed by atoms with E-state index in [4.69, 9.17) is 14.5 Å². The number of amides is 3. The van der Waals surface area contributed by atoms with E-state index in [1.165, 1.54) is 9.91 Å². The lowest BCUT2D eigenvalue weighted by Gasteiger charge is -2.36. The van der Waals surface area contributed by atoms with Crippen molar-refractivity contribution < 1.29 is 38.9 Å². The number of aliphatic hydroxyl groups is 1. The summed E-state index contributed by atoms with van der Waals surface area (Å²) >= 11 is 0. The number of aromatic nitrogens is 2. The van der Waals surface area contributed by atoms with Gasteiger partial charge in [-0.05, 0) is 104 Å². The fourth-order valence-electron chi connectivity index (χ4n) is 9.43. The molecule has 62 heavy (non-hydrogen) atoms. The van der Waals surface area contributed by atoms with Crippen molar-refractivity contribution in [3.63, 3.8) is 0 Å². The molecule has 0 unspecified atom stereocenters. The van der Waals surface area contributed by atoms with Gasteiger partial charge in [0.2, 0.25) is 11.8 Å². The first-order chi connectivity index (χ1) is 29.4. The number of hydrogen-bond acceptors (Lipinski definition) is 10. The van der Waals surface area contributed by atoms with Crippen LogP contribution < -0.4 is 10.7 Å². The number of hydrazine groups is 1. The smallest absolute Gasteiger partial charge is 0.324 e. The Labute approximate surface area is 363 Å². The highest BCUT2D eigenvalue weighted by Gasteiger charge is 2.53. The minimum atomic E-state index is -1.15. The number of likely N-dealkylation sites (N-methyl/N-ethyl adjacent to an activating group) is 1. The van der Waals surface area contributed by atoms with Gasteiger partial charge in [-0.25, -0.2) is 5.43 Å². The molecule has 2 aliphatic heterocycles. The van der Waals surface area contributed by atoms with E-state index in [0.29, 0.717) is 31.4 Å². The topological polar surface area (TPSA) is 176 Å². The lowest BCUT2D eigenvalue weighted by atomic mass is 9.84. The van der Waals surface area contributed by atoms with Crippen molar-refractivity contribution in [3.05, 3.63) is 71.5 Å². The standard InChI is InChI=1S/C48H62N6O8/c1-10-53-38-16-15-30-23-34(38)35(42(53)33-13-11-17-49-40(33)28(5)61-9)24-48(6,7)25-62-47(60)36-14-12-18-54(51-36)45(58)37(21-29-19-31(30)22-32(55)20-29)50-44(57)41(26(2)3)52(8)46(59)39-27(4)43(39)56/h11,13,15-17,19-20,22-23,26-28,36-37,39,41,43,51,55-56H,10,12,14,18,21,24-25H2,1-9H3,(H,50,57)/t27-,28+,36+,37+,39+,41+,43-/m1/s1. The second-order valence-corrected chi connectivity index (χ2v) is 18.5. The van der Waals surface area contributed by atoms with Crippen LogP contribution in [0.25, 0.3) is 33.3 Å². The van der Waals surface area contributed by atoms with Crippen molar-refractivity contribution in [1.29, 1.82) is 0 Å². The number of nitrogens with zero attached hydrogens (tertiary/aromatic N) is 4. The molecule has 3 amide bonds. The molecule has 14 heteroatoms. The molecule has 1 aliphatic carbocycles. The summed E-state index contributed by atoms with van der Waals surface area (Å²) in [5, 5.41) is 26.9. The summed E-state index contributed by atoms with van der Waals surface area (Å²) in [5.74, 6) is -2.94. The second kappa shape index (κ2) is 17.8. The maximum atomic E-state index is 14.6. The lowest BCUT2D eigenvalue weighted by molar-refractivity contribution is -0.155. The van der Waals surface area contributed by atoms with Gasteiger partial charge in [-0.15, -0.1) is 0 Å². The van der Waals surface area contributed by atoms with E-state index in [9.17, 15) is 29.4 Å². The fourth-order valence-corrected chi connectivity index (χ4v) is 9.43. The van der Waals surface area contributed by atoms with Crippen molar-refractivity contribution in [2.75, 3.05) is 27.3 Å². The van der Waals surface area contributed by atoms with Crippen LogP contribution in [0.4, 0.5) is 0 Å². The van der Waals surface area contributed by atoms with Gasteiger partial charge in [0.25, 0.3) is 5.91 Å². The number of benzene rings is 2. The first-order valence-electron chi connectivity index (χ1n) is 21.9. The molecule has 1 saturated carbocycles. The number of phenols is 1. The van der Waals surface area contributed by atoms with Crippen molar-refractivity contribution in [2.45, 2.75) is 111 Å². The Morgan fingerprint density at radius 1 is 1.11 bits per heavy atom. The molecule has 2 fully saturated rings. The summed E-state index contributed by atoms with van der Waals surface area (Å²) in [7, 11) is 3.22. The molecular weight excluding hydrogens is 789 g/mol. The number of aromatic hydroxyl groups is 1. The number of carbonyl (C=O) groups excluding carboxylic acids is 4. The van der Waals surface area contributed by atoms with Crippen LogP contribution in [0.1, 0.15) is 84.2 Å². The SMILES string of the molecule is CCn1c(-c2cccnc2[C@H](C)OC)c2c3cc(ccc31)-c1cc(O)cc(c1)C[C@H](NC(=O)[C@H](C(C)C)N(C)C(=O)[C@H]1[C@@H](C)[C@H]1O)C(=O)N1CCC[C@H](N1)C(=O)OCC(C)(C)C2. The second-order valence-electron chi connectivity index (χ2n) is 18.5. The number of aliphatic hydroxyl groups excluding tert-OH is 1. The monoisotopic (exact) mass is 850 g/mol. The van der Waals surface area contributed by atoms with Crippen LogP contribution in [0.2, 0.25) is 0 Å². The third-order valence-corrected chi connectivity index (χ3v) is 13.0. The molecule has 7 atom stereocenters. The molecule has 1 saturated heterocycles. The molecule has 0 spiro atoms. The van der Waals surface area contributed by atoms with Crippen LogP contribution in [-0.4, -0.2) is 105 Å². The Balaban J connectivity index is 1.35. The predicted octanol–water partition coefficient (Wildman–Crippen LogP) is 5.56. The number of aryl methyl sites for hydroxylation is 1. The maximum Gasteiger partial charge on any atom is 0.324 e. The Morgan fingerprint density at radius 2 is 1.85 bits per heavy atom. The van der Waals surface area contributed by atoms with Gasteiger partial charge in [0.15, 0.2) is 0 Å². The summed E-state index contributed by atoms with van der Waals surface area (Å²) in [4.78, 5) is 62.3. The zero-order chi connectivity index (χ0) is 44.8. The van der Waals surface area contributed by atoms with Crippen molar-refractivity contribution in [1.82, 2.24) is 30.2 Å². The molecule has 4 aromatic rings. The van der Waals surface area contributed by atoms with Crippen molar-refractivity contribution in [2.24, 2.45) is 23.2 Å². The van der Waals surface area contributed by atoms with Crippen LogP contribution >= 0.6 is 0 Å². The number of nitrogens with one attached hydrogen (secondary N) is 2. The maximum absolute atomic E-state index is 14.6. The number of pyridine rings is 1. The number of rotatable bonds is 9. The number of fused-ring (bicyclic) bond motifs is 6. The van der Waals surface area contributed by atoms with Crippen LogP contribution in [-0.2, 0) is 48.0 Å². The molecule has 14 nitrogen and oxygen atoms in total. The van der Waals surface area contributed by atoms with Gasteiger partial charge < -0.3 is 34.5 Å². The zero-order valence-electron chi connectivity index (χ0n) is 37.4. The molecular formula is C48H62N6O8. The van der Waals surface area contributed by atoms with Gasteiger partial charge in [-0.2, -0.15) is 0 Å². The molecule has 3 aliphatic rings.